The molecule has 1 saturated heterocycles. The van der Waals surface area contributed by atoms with E-state index in [9.17, 15) is 0 Å². The molecule has 1 aliphatic heterocycles. The van der Waals surface area contributed by atoms with Crippen molar-refractivity contribution >= 4 is 7.12 Å². The molecule has 1 heterocycles. The van der Waals surface area contributed by atoms with Gasteiger partial charge in [-0.3, -0.25) is 0 Å². The Morgan fingerprint density at radius 1 is 0.900 bits per heavy atom. The maximum atomic E-state index is 6.32. The third kappa shape index (κ3) is 2.78. The van der Waals surface area contributed by atoms with Crippen LogP contribution in [-0.2, 0) is 9.31 Å². The van der Waals surface area contributed by atoms with Crippen LogP contribution >= 0.6 is 0 Å². The molecule has 0 aromatic heterocycles. The number of benzene rings is 1. The molecule has 0 unspecified atom stereocenters. The first-order valence-electron chi connectivity index (χ1n) is 7.35. The zero-order chi connectivity index (χ0) is 15.1. The van der Waals surface area contributed by atoms with Crippen LogP contribution in [0.3, 0.4) is 0 Å². The molecule has 0 spiro atoms. The molecule has 3 nitrogen and oxygen atoms in total. The lowest BCUT2D eigenvalue weighted by molar-refractivity contribution is 0.00578. The Hall–Kier alpha value is -0.835. The van der Waals surface area contributed by atoms with Crippen molar-refractivity contribution in [1.82, 2.24) is 0 Å². The summed E-state index contributed by atoms with van der Waals surface area (Å²) in [5.41, 5.74) is 8.00. The monoisotopic (exact) mass is 275 g/mol. The molecule has 4 heteroatoms. The molecule has 1 aromatic carbocycles. The fourth-order valence-corrected chi connectivity index (χ4v) is 2.30. The lowest BCUT2D eigenvalue weighted by Crippen LogP contribution is -2.41. The van der Waals surface area contributed by atoms with E-state index in [1.807, 2.05) is 27.7 Å². The maximum Gasteiger partial charge on any atom is 0.480 e. The van der Waals surface area contributed by atoms with E-state index in [-0.39, 0.29) is 17.1 Å². The average Bonchev–Trinajstić information content (AvgIpc) is 2.57. The zero-order valence-corrected chi connectivity index (χ0v) is 13.4. The summed E-state index contributed by atoms with van der Waals surface area (Å²) in [6.07, 6.45) is 0. The van der Waals surface area contributed by atoms with Gasteiger partial charge in [-0.05, 0) is 44.7 Å². The minimum absolute atomic E-state index is 0.266. The standard InChI is InChI=1S/C16H26BNO2/c1-11(2)12-7-9-13(10-8-12)14(18)17-19-15(3,4)16(5,6)20-17/h7-11,14H,18H2,1-6H3/t14-/m1/s1. The first-order chi connectivity index (χ1) is 9.14. The third-order valence-corrected chi connectivity index (χ3v) is 4.55. The van der Waals surface area contributed by atoms with Gasteiger partial charge in [-0.25, -0.2) is 0 Å². The van der Waals surface area contributed by atoms with E-state index in [4.69, 9.17) is 15.0 Å². The molecule has 0 aliphatic carbocycles. The van der Waals surface area contributed by atoms with E-state index >= 15 is 0 Å². The highest BCUT2D eigenvalue weighted by atomic mass is 16.7. The van der Waals surface area contributed by atoms with Crippen molar-refractivity contribution in [1.29, 1.82) is 0 Å². The smallest absolute Gasteiger partial charge is 0.402 e. The highest BCUT2D eigenvalue weighted by molar-refractivity contribution is 6.47. The second-order valence-corrected chi connectivity index (χ2v) is 6.97. The van der Waals surface area contributed by atoms with Gasteiger partial charge >= 0.3 is 7.12 Å². The van der Waals surface area contributed by atoms with Crippen molar-refractivity contribution in [2.75, 3.05) is 0 Å². The molecule has 1 aliphatic rings. The molecule has 0 amide bonds. The highest BCUT2D eigenvalue weighted by Gasteiger charge is 2.53. The molecule has 20 heavy (non-hydrogen) atoms. The zero-order valence-electron chi connectivity index (χ0n) is 13.4. The van der Waals surface area contributed by atoms with Crippen LogP contribution in [0.1, 0.15) is 64.5 Å². The minimum Gasteiger partial charge on any atom is -0.402 e. The Labute approximate surface area is 123 Å². The fraction of sp³-hybridized carbons (Fsp3) is 0.625. The normalized spacial score (nSPS) is 22.3. The lowest BCUT2D eigenvalue weighted by Gasteiger charge is -2.32. The molecule has 110 valence electrons. The first-order valence-corrected chi connectivity index (χ1v) is 7.35. The Balaban J connectivity index is 2.15. The van der Waals surface area contributed by atoms with Crippen LogP contribution in [0, 0.1) is 0 Å². The van der Waals surface area contributed by atoms with Crippen LogP contribution in [0.5, 0.6) is 0 Å². The predicted molar refractivity (Wildman–Crippen MR) is 83.5 cm³/mol. The number of rotatable bonds is 3. The van der Waals surface area contributed by atoms with Crippen molar-refractivity contribution in [2.24, 2.45) is 5.73 Å². The summed E-state index contributed by atoms with van der Waals surface area (Å²) < 4.78 is 12.0. The third-order valence-electron chi connectivity index (χ3n) is 4.55. The van der Waals surface area contributed by atoms with Gasteiger partial charge in [0.05, 0.1) is 17.1 Å². The summed E-state index contributed by atoms with van der Waals surface area (Å²) in [5, 5.41) is 0. The largest absolute Gasteiger partial charge is 0.480 e. The van der Waals surface area contributed by atoms with Gasteiger partial charge in [-0.15, -0.1) is 0 Å². The number of hydrogen-bond acceptors (Lipinski definition) is 3. The van der Waals surface area contributed by atoms with Gasteiger partial charge in [0.2, 0.25) is 0 Å². The summed E-state index contributed by atoms with van der Waals surface area (Å²) in [6.45, 7) is 12.5. The maximum absolute atomic E-state index is 6.32. The van der Waals surface area contributed by atoms with E-state index in [1.165, 1.54) is 5.56 Å². The molecule has 0 bridgehead atoms. The fourth-order valence-electron chi connectivity index (χ4n) is 2.30. The van der Waals surface area contributed by atoms with Crippen LogP contribution in [0.4, 0.5) is 0 Å². The summed E-state index contributed by atoms with van der Waals surface area (Å²) in [4.78, 5) is 0. The number of nitrogens with two attached hydrogens (primary N) is 1. The van der Waals surface area contributed by atoms with Crippen molar-refractivity contribution in [3.63, 3.8) is 0 Å². The lowest BCUT2D eigenvalue weighted by atomic mass is 9.74. The minimum atomic E-state index is -0.398. The van der Waals surface area contributed by atoms with Crippen LogP contribution in [0.15, 0.2) is 24.3 Å². The molecular weight excluding hydrogens is 249 g/mol. The molecule has 2 rings (SSSR count). The van der Waals surface area contributed by atoms with Gasteiger partial charge in [0.1, 0.15) is 0 Å². The molecule has 0 radical (unpaired) electrons. The van der Waals surface area contributed by atoms with E-state index < -0.39 is 7.12 Å². The summed E-state index contributed by atoms with van der Waals surface area (Å²) >= 11 is 0. The van der Waals surface area contributed by atoms with Crippen molar-refractivity contribution < 1.29 is 9.31 Å². The Kier molecular flexibility index (Phi) is 4.02. The second-order valence-electron chi connectivity index (χ2n) is 6.97. The topological polar surface area (TPSA) is 44.5 Å². The number of hydrogen-bond donors (Lipinski definition) is 1. The van der Waals surface area contributed by atoms with E-state index in [2.05, 4.69) is 38.1 Å². The summed E-state index contributed by atoms with van der Waals surface area (Å²) in [5.74, 6) is 0.259. The summed E-state index contributed by atoms with van der Waals surface area (Å²) in [6, 6.07) is 8.41. The van der Waals surface area contributed by atoms with E-state index in [0.29, 0.717) is 5.92 Å². The van der Waals surface area contributed by atoms with E-state index in [0.717, 1.165) is 5.56 Å². The Morgan fingerprint density at radius 3 is 1.70 bits per heavy atom. The Morgan fingerprint density at radius 2 is 1.30 bits per heavy atom. The van der Waals surface area contributed by atoms with Crippen LogP contribution in [0.25, 0.3) is 0 Å². The van der Waals surface area contributed by atoms with Crippen LogP contribution in [0.2, 0.25) is 0 Å². The van der Waals surface area contributed by atoms with E-state index in [1.54, 1.807) is 0 Å². The molecule has 1 aromatic rings. The molecular formula is C16H26BNO2. The second kappa shape index (κ2) is 5.17. The van der Waals surface area contributed by atoms with Crippen LogP contribution in [-0.4, -0.2) is 18.3 Å². The predicted octanol–water partition coefficient (Wildman–Crippen LogP) is 3.44. The molecule has 1 fully saturated rings. The van der Waals surface area contributed by atoms with Crippen molar-refractivity contribution in [3.05, 3.63) is 35.4 Å². The van der Waals surface area contributed by atoms with Gasteiger partial charge < -0.3 is 15.0 Å². The van der Waals surface area contributed by atoms with Gasteiger partial charge in [0, 0.05) is 0 Å². The van der Waals surface area contributed by atoms with Gasteiger partial charge in [-0.1, -0.05) is 38.1 Å². The van der Waals surface area contributed by atoms with Crippen molar-refractivity contribution in [3.8, 4) is 0 Å². The average molecular weight is 275 g/mol. The first kappa shape index (κ1) is 15.6. The van der Waals surface area contributed by atoms with Gasteiger partial charge in [0.25, 0.3) is 0 Å². The van der Waals surface area contributed by atoms with Gasteiger partial charge in [-0.2, -0.15) is 0 Å². The SMILES string of the molecule is CC(C)c1ccc([C@@H](N)B2OC(C)(C)C(C)(C)O2)cc1. The molecule has 1 atom stereocenters. The highest BCUT2D eigenvalue weighted by Crippen LogP contribution is 2.39. The van der Waals surface area contributed by atoms with Gasteiger partial charge in [0.15, 0.2) is 0 Å². The van der Waals surface area contributed by atoms with Crippen molar-refractivity contribution in [2.45, 2.75) is 64.6 Å². The van der Waals surface area contributed by atoms with Crippen LogP contribution < -0.4 is 5.73 Å². The molecule has 2 N–H and O–H groups in total. The molecule has 0 saturated carbocycles. The summed E-state index contributed by atoms with van der Waals surface area (Å²) in [7, 11) is -0.398. The Bertz CT molecular complexity index is 452. The quantitative estimate of drug-likeness (QED) is 0.859.